The van der Waals surface area contributed by atoms with Crippen LogP contribution in [0.2, 0.25) is 0 Å². The minimum absolute atomic E-state index is 0.0669. The molecular formula is C20H19F4N3O3. The molecule has 2 N–H and O–H groups in total. The quantitative estimate of drug-likeness (QED) is 0.731. The van der Waals surface area contributed by atoms with Crippen LogP contribution in [0.15, 0.2) is 41.4 Å². The molecule has 0 unspecified atom stereocenters. The summed E-state index contributed by atoms with van der Waals surface area (Å²) in [7, 11) is 0. The molecular weight excluding hydrogens is 406 g/mol. The standard InChI is InChI=1S/C20H19F4N3O3/c21-13-2-1-11(15(22)6-13)7-25-18(29)12-5-16(28)17-19(30)26-9-14(27(17)8-12)3-4-20(23,24)10-26/h1-2,6,8,14,28H,3-5,7,9-10H2,(H,25,29)/t14-/m0/s1. The Kier molecular flexibility index (Phi) is 4.95. The van der Waals surface area contributed by atoms with Crippen LogP contribution in [0.25, 0.3) is 0 Å². The summed E-state index contributed by atoms with van der Waals surface area (Å²) in [6.07, 6.45) is 0.798. The summed E-state index contributed by atoms with van der Waals surface area (Å²) in [4.78, 5) is 27.6. The van der Waals surface area contributed by atoms with Crippen LogP contribution in [-0.4, -0.2) is 51.8 Å². The number of nitrogens with one attached hydrogen (secondary N) is 1. The van der Waals surface area contributed by atoms with Crippen molar-refractivity contribution in [2.45, 2.75) is 37.8 Å². The summed E-state index contributed by atoms with van der Waals surface area (Å²) in [5.41, 5.74) is 0.0949. The molecule has 4 rings (SSSR count). The zero-order valence-corrected chi connectivity index (χ0v) is 15.8. The highest BCUT2D eigenvalue weighted by Gasteiger charge is 2.47. The molecule has 30 heavy (non-hydrogen) atoms. The number of aliphatic hydroxyl groups excluding tert-OH is 1. The number of halogens is 4. The van der Waals surface area contributed by atoms with Gasteiger partial charge in [-0.05, 0) is 12.5 Å². The second-order valence-corrected chi connectivity index (χ2v) is 7.69. The smallest absolute Gasteiger partial charge is 0.274 e. The Morgan fingerprint density at radius 2 is 2.07 bits per heavy atom. The van der Waals surface area contributed by atoms with Crippen molar-refractivity contribution in [3.63, 3.8) is 0 Å². The number of amides is 2. The Labute approximate surface area is 169 Å². The fourth-order valence-corrected chi connectivity index (χ4v) is 3.98. The highest BCUT2D eigenvalue weighted by molar-refractivity contribution is 5.98. The lowest BCUT2D eigenvalue weighted by Gasteiger charge is -2.42. The number of aliphatic hydroxyl groups is 1. The van der Waals surface area contributed by atoms with E-state index >= 15 is 0 Å². The number of carbonyl (C=O) groups excluding carboxylic acids is 2. The topological polar surface area (TPSA) is 72.9 Å². The lowest BCUT2D eigenvalue weighted by atomic mass is 9.99. The van der Waals surface area contributed by atoms with E-state index < -0.39 is 48.4 Å². The minimum Gasteiger partial charge on any atom is -0.510 e. The molecule has 1 aromatic rings. The van der Waals surface area contributed by atoms with E-state index in [1.165, 1.54) is 17.2 Å². The van der Waals surface area contributed by atoms with Crippen molar-refractivity contribution in [3.8, 4) is 0 Å². The summed E-state index contributed by atoms with van der Waals surface area (Å²) < 4.78 is 54.6. The van der Waals surface area contributed by atoms with Crippen molar-refractivity contribution in [2.24, 2.45) is 0 Å². The molecule has 2 saturated heterocycles. The van der Waals surface area contributed by atoms with Crippen LogP contribution in [-0.2, 0) is 16.1 Å². The molecule has 0 saturated carbocycles. The van der Waals surface area contributed by atoms with Crippen molar-refractivity contribution in [1.82, 2.24) is 15.1 Å². The van der Waals surface area contributed by atoms with Gasteiger partial charge in [-0.25, -0.2) is 17.6 Å². The second-order valence-electron chi connectivity index (χ2n) is 7.69. The number of piperazine rings is 1. The summed E-state index contributed by atoms with van der Waals surface area (Å²) >= 11 is 0. The summed E-state index contributed by atoms with van der Waals surface area (Å²) in [6.45, 7) is -0.841. The van der Waals surface area contributed by atoms with Gasteiger partial charge >= 0.3 is 0 Å². The Hall–Kier alpha value is -3.04. The summed E-state index contributed by atoms with van der Waals surface area (Å²) in [6, 6.07) is 2.48. The lowest BCUT2D eigenvalue weighted by molar-refractivity contribution is -0.136. The zero-order chi connectivity index (χ0) is 21.6. The van der Waals surface area contributed by atoms with E-state index in [1.54, 1.807) is 0 Å². The summed E-state index contributed by atoms with van der Waals surface area (Å²) in [5, 5.41) is 12.9. The Morgan fingerprint density at radius 1 is 1.30 bits per heavy atom. The maximum atomic E-state index is 14.0. The van der Waals surface area contributed by atoms with Gasteiger partial charge in [0.15, 0.2) is 0 Å². The van der Waals surface area contributed by atoms with Gasteiger partial charge in [0.05, 0.1) is 12.6 Å². The second kappa shape index (κ2) is 7.33. The summed E-state index contributed by atoms with van der Waals surface area (Å²) in [5.74, 6) is -6.25. The van der Waals surface area contributed by atoms with E-state index in [-0.39, 0.29) is 48.5 Å². The molecule has 0 radical (unpaired) electrons. The predicted molar refractivity (Wildman–Crippen MR) is 96.9 cm³/mol. The predicted octanol–water partition coefficient (Wildman–Crippen LogP) is 2.58. The van der Waals surface area contributed by atoms with Gasteiger partial charge in [-0.1, -0.05) is 6.07 Å². The molecule has 2 fully saturated rings. The lowest BCUT2D eigenvalue weighted by Crippen LogP contribution is -2.54. The number of nitrogens with zero attached hydrogens (tertiary/aromatic N) is 2. The average molecular weight is 425 g/mol. The number of hydrogen-bond acceptors (Lipinski definition) is 4. The van der Waals surface area contributed by atoms with Gasteiger partial charge < -0.3 is 20.2 Å². The number of fused-ring (bicyclic) bond motifs is 4. The molecule has 160 valence electrons. The van der Waals surface area contributed by atoms with Gasteiger partial charge in [-0.2, -0.15) is 0 Å². The molecule has 3 aliphatic heterocycles. The van der Waals surface area contributed by atoms with Gasteiger partial charge in [0.2, 0.25) is 5.91 Å². The average Bonchev–Trinajstić information content (AvgIpc) is 2.81. The molecule has 10 heteroatoms. The van der Waals surface area contributed by atoms with E-state index in [2.05, 4.69) is 5.32 Å². The number of hydrogen-bond donors (Lipinski definition) is 2. The van der Waals surface area contributed by atoms with Crippen LogP contribution in [0.5, 0.6) is 0 Å². The van der Waals surface area contributed by atoms with Gasteiger partial charge in [-0.3, -0.25) is 9.59 Å². The molecule has 2 amide bonds. The largest absolute Gasteiger partial charge is 0.510 e. The van der Waals surface area contributed by atoms with E-state index in [9.17, 15) is 32.3 Å². The molecule has 6 nitrogen and oxygen atoms in total. The minimum atomic E-state index is -3.02. The van der Waals surface area contributed by atoms with Gasteiger partial charge in [0.25, 0.3) is 11.8 Å². The van der Waals surface area contributed by atoms with Crippen LogP contribution in [0, 0.1) is 11.6 Å². The Bertz CT molecular complexity index is 976. The van der Waals surface area contributed by atoms with Crippen molar-refractivity contribution >= 4 is 11.8 Å². The Morgan fingerprint density at radius 3 is 2.80 bits per heavy atom. The van der Waals surface area contributed by atoms with Crippen LogP contribution < -0.4 is 5.32 Å². The van der Waals surface area contributed by atoms with Crippen molar-refractivity contribution in [2.75, 3.05) is 13.1 Å². The molecule has 0 aliphatic carbocycles. The van der Waals surface area contributed by atoms with Crippen molar-refractivity contribution < 1.29 is 32.3 Å². The van der Waals surface area contributed by atoms with Crippen LogP contribution >= 0.6 is 0 Å². The number of rotatable bonds is 3. The molecule has 1 aromatic carbocycles. The number of carbonyl (C=O) groups is 2. The first-order valence-corrected chi connectivity index (χ1v) is 9.45. The number of allylic oxidation sites excluding steroid dienone is 1. The van der Waals surface area contributed by atoms with Crippen LogP contribution in [0.3, 0.4) is 0 Å². The first-order valence-electron chi connectivity index (χ1n) is 9.45. The SMILES string of the molecule is O=C(NCc1ccc(F)cc1F)C1=CN2C(=C(O)C1)C(=O)N1C[C@@H]2CCC(F)(F)C1. The van der Waals surface area contributed by atoms with Gasteiger partial charge in [0, 0.05) is 49.3 Å². The van der Waals surface area contributed by atoms with Crippen molar-refractivity contribution in [1.29, 1.82) is 0 Å². The van der Waals surface area contributed by atoms with Crippen molar-refractivity contribution in [3.05, 3.63) is 58.6 Å². The van der Waals surface area contributed by atoms with E-state index in [1.807, 2.05) is 0 Å². The van der Waals surface area contributed by atoms with Crippen LogP contribution in [0.1, 0.15) is 24.8 Å². The third kappa shape index (κ3) is 3.73. The highest BCUT2D eigenvalue weighted by Crippen LogP contribution is 2.37. The fourth-order valence-electron chi connectivity index (χ4n) is 3.98. The fraction of sp³-hybridized carbons (Fsp3) is 0.400. The third-order valence-electron chi connectivity index (χ3n) is 5.51. The van der Waals surface area contributed by atoms with Crippen LogP contribution in [0.4, 0.5) is 17.6 Å². The van der Waals surface area contributed by atoms with Gasteiger partial charge in [-0.15, -0.1) is 0 Å². The molecule has 0 spiro atoms. The Balaban J connectivity index is 1.53. The van der Waals surface area contributed by atoms with Gasteiger partial charge in [0.1, 0.15) is 23.1 Å². The number of alkyl halides is 2. The first kappa shape index (κ1) is 20.2. The molecule has 1 atom stereocenters. The third-order valence-corrected chi connectivity index (χ3v) is 5.51. The first-order chi connectivity index (χ1) is 14.1. The number of benzene rings is 1. The molecule has 3 heterocycles. The van der Waals surface area contributed by atoms with E-state index in [0.717, 1.165) is 11.0 Å². The molecule has 0 aromatic heterocycles. The molecule has 3 aliphatic rings. The highest BCUT2D eigenvalue weighted by atomic mass is 19.3. The maximum Gasteiger partial charge on any atom is 0.274 e. The van der Waals surface area contributed by atoms with E-state index in [0.29, 0.717) is 6.07 Å². The zero-order valence-electron chi connectivity index (χ0n) is 15.8. The maximum absolute atomic E-state index is 14.0. The normalized spacial score (nSPS) is 23.0. The molecule has 2 bridgehead atoms. The van der Waals surface area contributed by atoms with E-state index in [4.69, 9.17) is 0 Å². The monoisotopic (exact) mass is 425 g/mol.